The van der Waals surface area contributed by atoms with E-state index in [0.29, 0.717) is 18.9 Å². The number of para-hydroxylation sites is 1. The number of nitrogens with one attached hydrogen (secondary N) is 2. The van der Waals surface area contributed by atoms with Crippen molar-refractivity contribution in [2.75, 3.05) is 12.0 Å². The SMILES string of the molecule is CCOc1cc(CNNc2ccccc2)cc(I)c1O. The van der Waals surface area contributed by atoms with Gasteiger partial charge in [0.2, 0.25) is 0 Å². The van der Waals surface area contributed by atoms with Crippen LogP contribution < -0.4 is 15.6 Å². The van der Waals surface area contributed by atoms with E-state index in [0.717, 1.165) is 14.8 Å². The molecule has 0 aromatic heterocycles. The number of phenols is 1. The Kier molecular flexibility index (Phi) is 5.49. The Morgan fingerprint density at radius 1 is 1.20 bits per heavy atom. The van der Waals surface area contributed by atoms with Gasteiger partial charge in [0.25, 0.3) is 0 Å². The van der Waals surface area contributed by atoms with Gasteiger partial charge in [0.1, 0.15) is 0 Å². The van der Waals surface area contributed by atoms with E-state index < -0.39 is 0 Å². The van der Waals surface area contributed by atoms with Gasteiger partial charge in [0.05, 0.1) is 10.2 Å². The molecule has 106 valence electrons. The number of benzene rings is 2. The van der Waals surface area contributed by atoms with Gasteiger partial charge in [-0.2, -0.15) is 0 Å². The lowest BCUT2D eigenvalue weighted by Crippen LogP contribution is -2.20. The summed E-state index contributed by atoms with van der Waals surface area (Å²) in [7, 11) is 0. The van der Waals surface area contributed by atoms with Crippen molar-refractivity contribution in [1.29, 1.82) is 0 Å². The summed E-state index contributed by atoms with van der Waals surface area (Å²) < 4.78 is 6.20. The van der Waals surface area contributed by atoms with Gasteiger partial charge in [0, 0.05) is 12.2 Å². The molecule has 0 heterocycles. The predicted molar refractivity (Wildman–Crippen MR) is 88.9 cm³/mol. The third kappa shape index (κ3) is 4.01. The number of hydrazine groups is 1. The fraction of sp³-hybridized carbons (Fsp3) is 0.200. The first-order valence-electron chi connectivity index (χ1n) is 6.38. The third-order valence-corrected chi connectivity index (χ3v) is 3.51. The maximum absolute atomic E-state index is 9.89. The molecule has 0 unspecified atom stereocenters. The second-order valence-corrected chi connectivity index (χ2v) is 5.36. The molecule has 0 aliphatic heterocycles. The summed E-state index contributed by atoms with van der Waals surface area (Å²) >= 11 is 2.10. The molecular weight excluding hydrogens is 367 g/mol. The molecule has 0 aliphatic rings. The van der Waals surface area contributed by atoms with Crippen LogP contribution in [-0.2, 0) is 6.54 Å². The molecule has 0 spiro atoms. The largest absolute Gasteiger partial charge is 0.504 e. The number of halogens is 1. The highest BCUT2D eigenvalue weighted by atomic mass is 127. The number of anilines is 1. The summed E-state index contributed by atoms with van der Waals surface area (Å²) in [6.07, 6.45) is 0. The van der Waals surface area contributed by atoms with Crippen LogP contribution in [0.4, 0.5) is 5.69 Å². The topological polar surface area (TPSA) is 53.5 Å². The maximum atomic E-state index is 9.89. The van der Waals surface area contributed by atoms with Gasteiger partial charge in [-0.25, -0.2) is 5.43 Å². The molecule has 5 heteroatoms. The zero-order valence-corrected chi connectivity index (χ0v) is 13.3. The molecule has 0 bridgehead atoms. The highest BCUT2D eigenvalue weighted by Gasteiger charge is 2.08. The minimum Gasteiger partial charge on any atom is -0.504 e. The average Bonchev–Trinajstić information content (AvgIpc) is 2.45. The van der Waals surface area contributed by atoms with Crippen molar-refractivity contribution in [2.45, 2.75) is 13.5 Å². The highest BCUT2D eigenvalue weighted by molar-refractivity contribution is 14.1. The quantitative estimate of drug-likeness (QED) is 0.527. The van der Waals surface area contributed by atoms with E-state index in [2.05, 4.69) is 33.4 Å². The Hall–Kier alpha value is -1.47. The lowest BCUT2D eigenvalue weighted by atomic mass is 10.2. The molecule has 2 aromatic rings. The van der Waals surface area contributed by atoms with Crippen LogP contribution in [0.3, 0.4) is 0 Å². The van der Waals surface area contributed by atoms with Crippen LogP contribution in [-0.4, -0.2) is 11.7 Å². The molecule has 0 radical (unpaired) electrons. The van der Waals surface area contributed by atoms with E-state index in [1.54, 1.807) is 0 Å². The van der Waals surface area contributed by atoms with Crippen LogP contribution in [0, 0.1) is 3.57 Å². The summed E-state index contributed by atoms with van der Waals surface area (Å²) in [6, 6.07) is 13.7. The average molecular weight is 384 g/mol. The smallest absolute Gasteiger partial charge is 0.171 e. The predicted octanol–water partition coefficient (Wildman–Crippen LogP) is 3.51. The maximum Gasteiger partial charge on any atom is 0.171 e. The van der Waals surface area contributed by atoms with E-state index in [-0.39, 0.29) is 5.75 Å². The van der Waals surface area contributed by atoms with Crippen molar-refractivity contribution < 1.29 is 9.84 Å². The first kappa shape index (κ1) is 14.9. The number of hydrogen-bond acceptors (Lipinski definition) is 4. The van der Waals surface area contributed by atoms with Crippen LogP contribution in [0.25, 0.3) is 0 Å². The standard InChI is InChI=1S/C15H17IN2O2/c1-2-20-14-9-11(8-13(16)15(14)19)10-17-18-12-6-4-3-5-7-12/h3-9,17-19H,2,10H2,1H3. The minimum atomic E-state index is 0.201. The van der Waals surface area contributed by atoms with E-state index in [1.165, 1.54) is 0 Å². The Morgan fingerprint density at radius 2 is 1.95 bits per heavy atom. The fourth-order valence-corrected chi connectivity index (χ4v) is 2.43. The third-order valence-electron chi connectivity index (χ3n) is 2.69. The molecule has 0 saturated carbocycles. The van der Waals surface area contributed by atoms with Gasteiger partial charge in [-0.1, -0.05) is 18.2 Å². The summed E-state index contributed by atoms with van der Waals surface area (Å²) in [4.78, 5) is 0. The van der Waals surface area contributed by atoms with Crippen molar-refractivity contribution >= 4 is 28.3 Å². The highest BCUT2D eigenvalue weighted by Crippen LogP contribution is 2.32. The zero-order valence-electron chi connectivity index (χ0n) is 11.2. The number of aromatic hydroxyl groups is 1. The second-order valence-electron chi connectivity index (χ2n) is 4.20. The normalized spacial score (nSPS) is 10.3. The Labute approximate surface area is 132 Å². The monoisotopic (exact) mass is 384 g/mol. The Bertz CT molecular complexity index is 561. The van der Waals surface area contributed by atoms with Gasteiger partial charge in [0.15, 0.2) is 11.5 Å². The van der Waals surface area contributed by atoms with Crippen molar-refractivity contribution in [1.82, 2.24) is 5.43 Å². The van der Waals surface area contributed by atoms with E-state index in [4.69, 9.17) is 4.74 Å². The van der Waals surface area contributed by atoms with Crippen molar-refractivity contribution in [2.24, 2.45) is 0 Å². The summed E-state index contributed by atoms with van der Waals surface area (Å²) in [6.45, 7) is 3.06. The summed E-state index contributed by atoms with van der Waals surface area (Å²) in [5, 5.41) is 9.89. The van der Waals surface area contributed by atoms with Crippen LogP contribution in [0.2, 0.25) is 0 Å². The molecule has 0 fully saturated rings. The zero-order chi connectivity index (χ0) is 14.4. The van der Waals surface area contributed by atoms with Crippen LogP contribution >= 0.6 is 22.6 Å². The lowest BCUT2D eigenvalue weighted by Gasteiger charge is -2.12. The van der Waals surface area contributed by atoms with Crippen molar-refractivity contribution in [3.05, 3.63) is 51.6 Å². The second kappa shape index (κ2) is 7.35. The molecule has 2 rings (SSSR count). The Morgan fingerprint density at radius 3 is 2.65 bits per heavy atom. The van der Waals surface area contributed by atoms with Crippen molar-refractivity contribution in [3.8, 4) is 11.5 Å². The minimum absolute atomic E-state index is 0.201. The van der Waals surface area contributed by atoms with Crippen LogP contribution in [0.15, 0.2) is 42.5 Å². The first-order valence-corrected chi connectivity index (χ1v) is 7.46. The van der Waals surface area contributed by atoms with Crippen LogP contribution in [0.1, 0.15) is 12.5 Å². The number of ether oxygens (including phenoxy) is 1. The molecule has 3 N–H and O–H groups in total. The van der Waals surface area contributed by atoms with Gasteiger partial charge in [-0.3, -0.25) is 0 Å². The first-order chi connectivity index (χ1) is 9.70. The molecule has 2 aromatic carbocycles. The summed E-state index contributed by atoms with van der Waals surface area (Å²) in [5.74, 6) is 0.725. The number of rotatable bonds is 6. The van der Waals surface area contributed by atoms with E-state index in [9.17, 15) is 5.11 Å². The van der Waals surface area contributed by atoms with Gasteiger partial charge in [-0.15, -0.1) is 0 Å². The van der Waals surface area contributed by atoms with Gasteiger partial charge >= 0.3 is 0 Å². The van der Waals surface area contributed by atoms with E-state index in [1.807, 2.05) is 49.4 Å². The Balaban J connectivity index is 1.99. The van der Waals surface area contributed by atoms with Gasteiger partial charge < -0.3 is 15.3 Å². The van der Waals surface area contributed by atoms with Crippen LogP contribution in [0.5, 0.6) is 11.5 Å². The van der Waals surface area contributed by atoms with Gasteiger partial charge in [-0.05, 0) is 59.3 Å². The molecule has 4 nitrogen and oxygen atoms in total. The molecule has 0 aliphatic carbocycles. The number of hydrogen-bond donors (Lipinski definition) is 3. The van der Waals surface area contributed by atoms with E-state index >= 15 is 0 Å². The van der Waals surface area contributed by atoms with Crippen molar-refractivity contribution in [3.63, 3.8) is 0 Å². The molecule has 20 heavy (non-hydrogen) atoms. The molecule has 0 atom stereocenters. The number of phenolic OH excluding ortho intramolecular Hbond substituents is 1. The molecular formula is C15H17IN2O2. The molecule has 0 amide bonds. The summed E-state index contributed by atoms with van der Waals surface area (Å²) in [5.41, 5.74) is 8.31. The molecule has 0 saturated heterocycles. The fourth-order valence-electron chi connectivity index (χ4n) is 1.76. The lowest BCUT2D eigenvalue weighted by molar-refractivity contribution is 0.316.